The third kappa shape index (κ3) is 12.1. The lowest BCUT2D eigenvalue weighted by Crippen LogP contribution is -1.98. The minimum Gasteiger partial charge on any atom is -0.300 e. The Morgan fingerprint density at radius 2 is 1.33 bits per heavy atom. The van der Waals surface area contributed by atoms with Gasteiger partial charge in [0.25, 0.3) is 0 Å². The molecular formula is C17H34O. The number of rotatable bonds is 12. The van der Waals surface area contributed by atoms with E-state index in [1.165, 1.54) is 51.4 Å². The van der Waals surface area contributed by atoms with Gasteiger partial charge in [-0.3, -0.25) is 0 Å². The van der Waals surface area contributed by atoms with Crippen LogP contribution in [-0.4, -0.2) is 5.78 Å². The minimum atomic E-state index is 0.340. The van der Waals surface area contributed by atoms with Crippen LogP contribution in [0.4, 0.5) is 0 Å². The number of unbranched alkanes of at least 4 members (excludes halogenated alkanes) is 2. The van der Waals surface area contributed by atoms with E-state index in [-0.39, 0.29) is 0 Å². The second kappa shape index (κ2) is 11.7. The number of carbonyl (C=O) groups is 1. The molecule has 0 amide bonds. The molecule has 0 aliphatic rings. The molecule has 0 spiro atoms. The Balaban J connectivity index is 3.29. The van der Waals surface area contributed by atoms with Crippen molar-refractivity contribution < 1.29 is 4.79 Å². The predicted octanol–water partition coefficient (Wildman–Crippen LogP) is 5.77. The van der Waals surface area contributed by atoms with Crippen molar-refractivity contribution in [2.45, 2.75) is 91.9 Å². The summed E-state index contributed by atoms with van der Waals surface area (Å²) in [6, 6.07) is 0. The van der Waals surface area contributed by atoms with E-state index in [0.717, 1.165) is 24.7 Å². The second-order valence-corrected chi connectivity index (χ2v) is 6.23. The molecular weight excluding hydrogens is 220 g/mol. The Morgan fingerprint density at radius 1 is 0.833 bits per heavy atom. The van der Waals surface area contributed by atoms with Crippen LogP contribution in [0.1, 0.15) is 91.9 Å². The van der Waals surface area contributed by atoms with E-state index in [1.54, 1.807) is 6.92 Å². The van der Waals surface area contributed by atoms with Crippen molar-refractivity contribution in [3.63, 3.8) is 0 Å². The molecule has 18 heavy (non-hydrogen) atoms. The van der Waals surface area contributed by atoms with E-state index in [2.05, 4.69) is 20.8 Å². The summed E-state index contributed by atoms with van der Waals surface area (Å²) in [5.74, 6) is 2.06. The summed E-state index contributed by atoms with van der Waals surface area (Å²) < 4.78 is 0. The van der Waals surface area contributed by atoms with Gasteiger partial charge in [-0.1, -0.05) is 72.1 Å². The zero-order valence-electron chi connectivity index (χ0n) is 13.1. The van der Waals surface area contributed by atoms with Crippen molar-refractivity contribution in [1.29, 1.82) is 0 Å². The fourth-order valence-electron chi connectivity index (χ4n) is 2.64. The summed E-state index contributed by atoms with van der Waals surface area (Å²) in [5, 5.41) is 0. The first-order valence-corrected chi connectivity index (χ1v) is 8.05. The summed E-state index contributed by atoms with van der Waals surface area (Å²) >= 11 is 0. The Kier molecular flexibility index (Phi) is 11.5. The average Bonchev–Trinajstić information content (AvgIpc) is 2.28. The van der Waals surface area contributed by atoms with Crippen LogP contribution in [0.2, 0.25) is 0 Å². The normalized spacial score (nSPS) is 14.4. The van der Waals surface area contributed by atoms with Crippen molar-refractivity contribution in [1.82, 2.24) is 0 Å². The number of ketones is 1. The zero-order chi connectivity index (χ0) is 13.8. The van der Waals surface area contributed by atoms with Crippen molar-refractivity contribution in [3.05, 3.63) is 0 Å². The first-order chi connectivity index (χ1) is 8.56. The molecule has 0 aliphatic heterocycles. The van der Waals surface area contributed by atoms with E-state index in [4.69, 9.17) is 0 Å². The van der Waals surface area contributed by atoms with Crippen LogP contribution in [-0.2, 0) is 4.79 Å². The van der Waals surface area contributed by atoms with Gasteiger partial charge in [-0.2, -0.15) is 0 Å². The number of carbonyl (C=O) groups excluding carboxylic acids is 1. The molecule has 0 saturated carbocycles. The molecule has 1 nitrogen and oxygen atoms in total. The SMILES string of the molecule is CCC[C@@H](C)CCCCC[C@@H](C)CCCC(C)=O. The number of hydrogen-bond donors (Lipinski definition) is 0. The lowest BCUT2D eigenvalue weighted by molar-refractivity contribution is -0.117. The molecule has 0 aromatic rings. The van der Waals surface area contributed by atoms with Crippen LogP contribution in [0.25, 0.3) is 0 Å². The van der Waals surface area contributed by atoms with Gasteiger partial charge in [-0.25, -0.2) is 0 Å². The highest BCUT2D eigenvalue weighted by Gasteiger charge is 2.04. The van der Waals surface area contributed by atoms with Crippen molar-refractivity contribution in [2.75, 3.05) is 0 Å². The smallest absolute Gasteiger partial charge is 0.129 e. The lowest BCUT2D eigenvalue weighted by Gasteiger charge is -2.12. The van der Waals surface area contributed by atoms with Crippen molar-refractivity contribution in [2.24, 2.45) is 11.8 Å². The molecule has 0 rings (SSSR count). The summed E-state index contributed by atoms with van der Waals surface area (Å²) in [5.41, 5.74) is 0. The third-order valence-electron chi connectivity index (χ3n) is 3.90. The second-order valence-electron chi connectivity index (χ2n) is 6.23. The molecule has 0 aromatic carbocycles. The van der Waals surface area contributed by atoms with Crippen LogP contribution in [0.3, 0.4) is 0 Å². The maximum Gasteiger partial charge on any atom is 0.129 e. The molecule has 108 valence electrons. The molecule has 0 bridgehead atoms. The summed E-state index contributed by atoms with van der Waals surface area (Å²) in [6.45, 7) is 8.69. The number of hydrogen-bond acceptors (Lipinski definition) is 1. The highest BCUT2D eigenvalue weighted by atomic mass is 16.1. The van der Waals surface area contributed by atoms with Crippen molar-refractivity contribution in [3.8, 4) is 0 Å². The highest BCUT2D eigenvalue weighted by molar-refractivity contribution is 5.75. The first-order valence-electron chi connectivity index (χ1n) is 8.05. The van der Waals surface area contributed by atoms with Gasteiger partial charge < -0.3 is 4.79 Å². The van der Waals surface area contributed by atoms with E-state index >= 15 is 0 Å². The lowest BCUT2D eigenvalue weighted by atomic mass is 9.94. The van der Waals surface area contributed by atoms with Gasteiger partial charge in [-0.05, 0) is 25.2 Å². The van der Waals surface area contributed by atoms with E-state index < -0.39 is 0 Å². The van der Waals surface area contributed by atoms with Crippen molar-refractivity contribution >= 4 is 5.78 Å². The van der Waals surface area contributed by atoms with Gasteiger partial charge in [0.05, 0.1) is 0 Å². The van der Waals surface area contributed by atoms with Gasteiger partial charge in [0, 0.05) is 6.42 Å². The number of Topliss-reactive ketones (excluding diaryl/α,β-unsaturated/α-hetero) is 1. The first kappa shape index (κ1) is 17.7. The van der Waals surface area contributed by atoms with Gasteiger partial charge >= 0.3 is 0 Å². The topological polar surface area (TPSA) is 17.1 Å². The maximum absolute atomic E-state index is 10.8. The Bertz CT molecular complexity index is 198. The fourth-order valence-corrected chi connectivity index (χ4v) is 2.64. The van der Waals surface area contributed by atoms with Gasteiger partial charge in [0.1, 0.15) is 5.78 Å². The van der Waals surface area contributed by atoms with Gasteiger partial charge in [0.15, 0.2) is 0 Å². The zero-order valence-corrected chi connectivity index (χ0v) is 13.1. The molecule has 0 N–H and O–H groups in total. The minimum absolute atomic E-state index is 0.340. The molecule has 2 atom stereocenters. The fraction of sp³-hybridized carbons (Fsp3) is 0.941. The summed E-state index contributed by atoms with van der Waals surface area (Å²) in [7, 11) is 0. The van der Waals surface area contributed by atoms with Gasteiger partial charge in [-0.15, -0.1) is 0 Å². The molecule has 0 fully saturated rings. The summed E-state index contributed by atoms with van der Waals surface area (Å²) in [6.07, 6.45) is 12.7. The third-order valence-corrected chi connectivity index (χ3v) is 3.90. The monoisotopic (exact) mass is 254 g/mol. The molecule has 1 heteroatoms. The predicted molar refractivity (Wildman–Crippen MR) is 80.9 cm³/mol. The standard InChI is InChI=1S/C17H34O/c1-5-10-15(2)11-7-6-8-12-16(3)13-9-14-17(4)18/h15-16H,5-14H2,1-4H3/t15-,16-/m1/s1. The molecule has 0 heterocycles. The van der Waals surface area contributed by atoms with Gasteiger partial charge in [0.2, 0.25) is 0 Å². The maximum atomic E-state index is 10.8. The molecule has 0 radical (unpaired) electrons. The molecule has 0 saturated heterocycles. The van der Waals surface area contributed by atoms with E-state index in [0.29, 0.717) is 5.78 Å². The Hall–Kier alpha value is -0.330. The highest BCUT2D eigenvalue weighted by Crippen LogP contribution is 2.19. The molecule has 0 aromatic heterocycles. The summed E-state index contributed by atoms with van der Waals surface area (Å²) in [4.78, 5) is 10.8. The van der Waals surface area contributed by atoms with E-state index in [9.17, 15) is 4.79 Å². The van der Waals surface area contributed by atoms with Crippen LogP contribution >= 0.6 is 0 Å². The van der Waals surface area contributed by atoms with Crippen LogP contribution in [0, 0.1) is 11.8 Å². The van der Waals surface area contributed by atoms with E-state index in [1.807, 2.05) is 0 Å². The largest absolute Gasteiger partial charge is 0.300 e. The van der Waals surface area contributed by atoms with Crippen LogP contribution < -0.4 is 0 Å². The quantitative estimate of drug-likeness (QED) is 0.404. The Morgan fingerprint density at radius 3 is 1.83 bits per heavy atom. The Labute approximate surface area is 115 Å². The van der Waals surface area contributed by atoms with Crippen LogP contribution in [0.5, 0.6) is 0 Å². The van der Waals surface area contributed by atoms with Crippen LogP contribution in [0.15, 0.2) is 0 Å². The average molecular weight is 254 g/mol. The molecule has 0 aliphatic carbocycles. The molecule has 0 unspecified atom stereocenters.